The Kier molecular flexibility index (Phi) is 3.90. The van der Waals surface area contributed by atoms with Crippen molar-refractivity contribution in [2.75, 3.05) is 17.7 Å². The van der Waals surface area contributed by atoms with E-state index in [2.05, 4.69) is 15.3 Å². The molecule has 1 fully saturated rings. The summed E-state index contributed by atoms with van der Waals surface area (Å²) in [6.45, 7) is -0.417. The number of anilines is 2. The average molecular weight is 269 g/mol. The Balaban J connectivity index is 2.18. The highest BCUT2D eigenvalue weighted by Crippen LogP contribution is 2.24. The van der Waals surface area contributed by atoms with Gasteiger partial charge in [-0.05, 0) is 0 Å². The normalized spacial score (nSPS) is 30.3. The summed E-state index contributed by atoms with van der Waals surface area (Å²) < 4.78 is 5.24. The Morgan fingerprint density at radius 1 is 1.42 bits per heavy atom. The molecule has 7 N–H and O–H groups in total. The highest BCUT2D eigenvalue weighted by Gasteiger charge is 2.42. The summed E-state index contributed by atoms with van der Waals surface area (Å²) in [4.78, 5) is 7.63. The molecule has 1 aliphatic rings. The van der Waals surface area contributed by atoms with Gasteiger partial charge in [0, 0.05) is 6.21 Å². The van der Waals surface area contributed by atoms with Gasteiger partial charge in [-0.2, -0.15) is 0 Å². The fourth-order valence-corrected chi connectivity index (χ4v) is 1.82. The Bertz CT molecular complexity index is 471. The van der Waals surface area contributed by atoms with Crippen LogP contribution in [-0.2, 0) is 4.74 Å². The Labute approximate surface area is 108 Å². The zero-order valence-corrected chi connectivity index (χ0v) is 9.89. The first kappa shape index (κ1) is 13.6. The van der Waals surface area contributed by atoms with Crippen LogP contribution in [0, 0.1) is 5.41 Å². The number of hydrogen-bond donors (Lipinski definition) is 6. The monoisotopic (exact) mass is 269 g/mol. The van der Waals surface area contributed by atoms with E-state index in [1.807, 2.05) is 0 Å². The molecule has 0 saturated carbocycles. The fraction of sp³-hybridized carbons (Fsp3) is 0.500. The number of aliphatic hydroxyl groups is 3. The van der Waals surface area contributed by atoms with Gasteiger partial charge < -0.3 is 36.5 Å². The molecule has 1 saturated heterocycles. The van der Waals surface area contributed by atoms with Crippen LogP contribution in [0.15, 0.2) is 6.33 Å². The van der Waals surface area contributed by atoms with Crippen molar-refractivity contribution in [2.45, 2.75) is 24.5 Å². The van der Waals surface area contributed by atoms with Crippen LogP contribution in [0.2, 0.25) is 0 Å². The molecular weight excluding hydrogens is 254 g/mol. The summed E-state index contributed by atoms with van der Waals surface area (Å²) in [5.41, 5.74) is 5.84. The van der Waals surface area contributed by atoms with Crippen LogP contribution in [0.5, 0.6) is 0 Å². The van der Waals surface area contributed by atoms with Gasteiger partial charge in [0.05, 0.1) is 12.2 Å². The first-order chi connectivity index (χ1) is 9.08. The summed E-state index contributed by atoms with van der Waals surface area (Å²) in [5, 5.41) is 38.3. The van der Waals surface area contributed by atoms with E-state index in [-0.39, 0.29) is 17.2 Å². The van der Waals surface area contributed by atoms with E-state index >= 15 is 0 Å². The van der Waals surface area contributed by atoms with Crippen LogP contribution in [-0.4, -0.2) is 62.6 Å². The molecule has 104 valence electrons. The van der Waals surface area contributed by atoms with Gasteiger partial charge in [-0.1, -0.05) is 0 Å². The van der Waals surface area contributed by atoms with Crippen molar-refractivity contribution in [1.29, 1.82) is 5.41 Å². The molecule has 1 aliphatic heterocycles. The zero-order chi connectivity index (χ0) is 14.0. The lowest BCUT2D eigenvalue weighted by Gasteiger charge is -2.18. The minimum absolute atomic E-state index is 0.110. The van der Waals surface area contributed by atoms with Gasteiger partial charge in [0.2, 0.25) is 0 Å². The van der Waals surface area contributed by atoms with Gasteiger partial charge in [-0.15, -0.1) is 0 Å². The van der Waals surface area contributed by atoms with Crippen molar-refractivity contribution in [3.05, 3.63) is 11.9 Å². The molecule has 1 aromatic rings. The second-order valence-corrected chi connectivity index (χ2v) is 4.07. The molecule has 19 heavy (non-hydrogen) atoms. The molecule has 0 bridgehead atoms. The lowest BCUT2D eigenvalue weighted by molar-refractivity contribution is -0.0154. The molecular formula is C10H15N5O4. The molecule has 2 unspecified atom stereocenters. The number of nitrogen functional groups attached to an aromatic ring is 1. The van der Waals surface area contributed by atoms with Gasteiger partial charge in [-0.25, -0.2) is 9.97 Å². The van der Waals surface area contributed by atoms with E-state index in [4.69, 9.17) is 21.0 Å². The molecule has 0 spiro atoms. The third-order valence-electron chi connectivity index (χ3n) is 2.88. The standard InChI is InChI=1S/C10H15N5O4/c11-1-4-8(12)13-3-14-9(4)15-10-7(18)6(17)5(2-16)19-10/h1,3,5-7,10-11,16-18H,2H2,(H3,12,13,14,15)/t5?,6-,7-,10?/m1/s1. The van der Waals surface area contributed by atoms with E-state index in [0.29, 0.717) is 0 Å². The molecule has 9 heteroatoms. The summed E-state index contributed by atoms with van der Waals surface area (Å²) in [6.07, 6.45) is -2.10. The number of aliphatic hydroxyl groups excluding tert-OH is 3. The van der Waals surface area contributed by atoms with Crippen molar-refractivity contribution in [3.8, 4) is 0 Å². The number of hydrogen-bond acceptors (Lipinski definition) is 9. The Morgan fingerprint density at radius 2 is 2.16 bits per heavy atom. The second kappa shape index (κ2) is 5.45. The van der Waals surface area contributed by atoms with Gasteiger partial charge in [0.25, 0.3) is 0 Å². The zero-order valence-electron chi connectivity index (χ0n) is 9.89. The molecule has 1 aromatic heterocycles. The Hall–Kier alpha value is -1.81. The second-order valence-electron chi connectivity index (χ2n) is 4.07. The van der Waals surface area contributed by atoms with Crippen molar-refractivity contribution in [1.82, 2.24) is 9.97 Å². The minimum Gasteiger partial charge on any atom is -0.394 e. The predicted octanol–water partition coefficient (Wildman–Crippen LogP) is -2.09. The van der Waals surface area contributed by atoms with Crippen LogP contribution >= 0.6 is 0 Å². The fourth-order valence-electron chi connectivity index (χ4n) is 1.82. The lowest BCUT2D eigenvalue weighted by Crippen LogP contribution is -2.37. The lowest BCUT2D eigenvalue weighted by atomic mass is 10.1. The SMILES string of the molecule is N=Cc1c(N)ncnc1NC1OC(CO)[C@@H](O)[C@H]1O. The average Bonchev–Trinajstić information content (AvgIpc) is 2.67. The maximum absolute atomic E-state index is 9.77. The summed E-state index contributed by atoms with van der Waals surface area (Å²) in [7, 11) is 0. The third kappa shape index (κ3) is 2.49. The largest absolute Gasteiger partial charge is 0.394 e. The number of nitrogens with one attached hydrogen (secondary N) is 2. The molecule has 2 heterocycles. The van der Waals surface area contributed by atoms with Crippen molar-refractivity contribution >= 4 is 17.9 Å². The molecule has 0 aromatic carbocycles. The van der Waals surface area contributed by atoms with Gasteiger partial charge >= 0.3 is 0 Å². The topological polar surface area (TPSA) is 158 Å². The van der Waals surface area contributed by atoms with Crippen LogP contribution in [0.3, 0.4) is 0 Å². The smallest absolute Gasteiger partial charge is 0.158 e. The first-order valence-corrected chi connectivity index (χ1v) is 5.58. The third-order valence-corrected chi connectivity index (χ3v) is 2.88. The van der Waals surface area contributed by atoms with E-state index in [1.165, 1.54) is 6.33 Å². The van der Waals surface area contributed by atoms with E-state index in [9.17, 15) is 10.2 Å². The summed E-state index contributed by atoms with van der Waals surface area (Å²) >= 11 is 0. The maximum atomic E-state index is 9.77. The molecule has 2 rings (SSSR count). The summed E-state index contributed by atoms with van der Waals surface area (Å²) in [6, 6.07) is 0. The molecule has 0 radical (unpaired) electrons. The molecule has 0 amide bonds. The maximum Gasteiger partial charge on any atom is 0.158 e. The number of ether oxygens (including phenoxy) is 1. The van der Waals surface area contributed by atoms with E-state index in [1.54, 1.807) is 0 Å². The van der Waals surface area contributed by atoms with Crippen LogP contribution in [0.1, 0.15) is 5.56 Å². The number of rotatable bonds is 4. The number of nitrogens with zero attached hydrogens (tertiary/aromatic N) is 2. The highest BCUT2D eigenvalue weighted by atomic mass is 16.6. The molecule has 4 atom stereocenters. The number of aromatic nitrogens is 2. The predicted molar refractivity (Wildman–Crippen MR) is 65.7 cm³/mol. The van der Waals surface area contributed by atoms with Crippen LogP contribution < -0.4 is 11.1 Å². The van der Waals surface area contributed by atoms with E-state index in [0.717, 1.165) is 6.21 Å². The van der Waals surface area contributed by atoms with Crippen LogP contribution in [0.25, 0.3) is 0 Å². The van der Waals surface area contributed by atoms with Crippen molar-refractivity contribution < 1.29 is 20.1 Å². The number of nitrogens with two attached hydrogens (primary N) is 1. The van der Waals surface area contributed by atoms with Crippen molar-refractivity contribution in [2.24, 2.45) is 0 Å². The molecule has 9 nitrogen and oxygen atoms in total. The van der Waals surface area contributed by atoms with Gasteiger partial charge in [0.1, 0.15) is 36.3 Å². The van der Waals surface area contributed by atoms with Gasteiger partial charge in [-0.3, -0.25) is 0 Å². The Morgan fingerprint density at radius 3 is 2.74 bits per heavy atom. The van der Waals surface area contributed by atoms with Crippen LogP contribution in [0.4, 0.5) is 11.6 Å². The summed E-state index contributed by atoms with van der Waals surface area (Å²) in [5.74, 6) is 0.316. The minimum atomic E-state index is -1.23. The first-order valence-electron chi connectivity index (χ1n) is 5.58. The van der Waals surface area contributed by atoms with Gasteiger partial charge in [0.15, 0.2) is 6.23 Å². The highest BCUT2D eigenvalue weighted by molar-refractivity contribution is 5.89. The quantitative estimate of drug-likeness (QED) is 0.339. The molecule has 0 aliphatic carbocycles. The van der Waals surface area contributed by atoms with Crippen molar-refractivity contribution in [3.63, 3.8) is 0 Å². The van der Waals surface area contributed by atoms with E-state index < -0.39 is 31.1 Å².